The second-order valence-corrected chi connectivity index (χ2v) is 6.68. The highest BCUT2D eigenvalue weighted by atomic mass is 16.5. The number of hydrogen-bond acceptors (Lipinski definition) is 4. The molecule has 2 bridgehead atoms. The Balaban J connectivity index is 2.58. The summed E-state index contributed by atoms with van der Waals surface area (Å²) in [5.41, 5.74) is -1.23. The van der Waals surface area contributed by atoms with Gasteiger partial charge in [-0.05, 0) is 23.2 Å². The highest BCUT2D eigenvalue weighted by Gasteiger charge is 2.74. The van der Waals surface area contributed by atoms with Crippen LogP contribution in [0.1, 0.15) is 27.2 Å². The molecule has 0 aromatic carbocycles. The summed E-state index contributed by atoms with van der Waals surface area (Å²) >= 11 is 0. The van der Waals surface area contributed by atoms with Gasteiger partial charge in [-0.1, -0.05) is 20.8 Å². The maximum Gasteiger partial charge on any atom is 0.310 e. The van der Waals surface area contributed by atoms with E-state index in [2.05, 4.69) is 0 Å². The Morgan fingerprint density at radius 2 is 1.65 bits per heavy atom. The van der Waals surface area contributed by atoms with Crippen LogP contribution in [0.15, 0.2) is 0 Å². The Bertz CT molecular complexity index is 482. The van der Waals surface area contributed by atoms with Gasteiger partial charge in [0.25, 0.3) is 0 Å². The Hall–Kier alpha value is -1.59. The van der Waals surface area contributed by atoms with Gasteiger partial charge in [-0.15, -0.1) is 0 Å². The van der Waals surface area contributed by atoms with Crippen LogP contribution in [0.5, 0.6) is 0 Å². The first-order valence-corrected chi connectivity index (χ1v) is 6.63. The number of aliphatic carboxylic acids is 2. The van der Waals surface area contributed by atoms with Gasteiger partial charge in [-0.2, -0.15) is 0 Å². The Morgan fingerprint density at radius 3 is 2.05 bits per heavy atom. The molecule has 2 fully saturated rings. The molecule has 0 aromatic heterocycles. The number of esters is 1. The molecule has 0 amide bonds. The minimum atomic E-state index is -1.12. The van der Waals surface area contributed by atoms with Crippen LogP contribution < -0.4 is 0 Å². The maximum atomic E-state index is 12.1. The van der Waals surface area contributed by atoms with Crippen molar-refractivity contribution in [1.29, 1.82) is 0 Å². The molecule has 112 valence electrons. The number of carbonyl (C=O) groups excluding carboxylic acids is 1. The normalized spacial score (nSPS) is 41.4. The van der Waals surface area contributed by atoms with Crippen molar-refractivity contribution in [2.75, 3.05) is 7.11 Å². The predicted octanol–water partition coefficient (Wildman–Crippen LogP) is 1.24. The molecule has 2 N–H and O–H groups in total. The first-order valence-electron chi connectivity index (χ1n) is 6.63. The Labute approximate surface area is 117 Å². The minimum Gasteiger partial charge on any atom is -0.481 e. The summed E-state index contributed by atoms with van der Waals surface area (Å²) in [6.45, 7) is 5.53. The van der Waals surface area contributed by atoms with Crippen molar-refractivity contribution in [3.8, 4) is 0 Å². The van der Waals surface area contributed by atoms with Gasteiger partial charge in [-0.3, -0.25) is 14.4 Å². The molecular weight excluding hydrogens is 264 g/mol. The van der Waals surface area contributed by atoms with Crippen molar-refractivity contribution in [1.82, 2.24) is 0 Å². The fourth-order valence-corrected chi connectivity index (χ4v) is 4.63. The van der Waals surface area contributed by atoms with Crippen molar-refractivity contribution < 1.29 is 29.3 Å². The van der Waals surface area contributed by atoms with Crippen molar-refractivity contribution >= 4 is 17.9 Å². The van der Waals surface area contributed by atoms with Crippen LogP contribution in [0.2, 0.25) is 0 Å². The van der Waals surface area contributed by atoms with Crippen molar-refractivity contribution in [2.45, 2.75) is 27.2 Å². The van der Waals surface area contributed by atoms with Crippen LogP contribution in [0.3, 0.4) is 0 Å². The van der Waals surface area contributed by atoms with Gasteiger partial charge in [-0.25, -0.2) is 0 Å². The van der Waals surface area contributed by atoms with Crippen molar-refractivity contribution in [2.24, 2.45) is 34.5 Å². The van der Waals surface area contributed by atoms with E-state index in [-0.39, 0.29) is 0 Å². The van der Waals surface area contributed by atoms with E-state index < -0.39 is 52.4 Å². The average molecular weight is 284 g/mol. The summed E-state index contributed by atoms with van der Waals surface area (Å²) in [4.78, 5) is 35.1. The summed E-state index contributed by atoms with van der Waals surface area (Å²) in [5, 5.41) is 18.9. The van der Waals surface area contributed by atoms with Crippen molar-refractivity contribution in [3.05, 3.63) is 0 Å². The molecule has 6 heteroatoms. The van der Waals surface area contributed by atoms with Crippen LogP contribution in [0, 0.1) is 34.5 Å². The van der Waals surface area contributed by atoms with Gasteiger partial charge in [0.05, 0.1) is 24.9 Å². The van der Waals surface area contributed by atoms with Crippen LogP contribution in [0.25, 0.3) is 0 Å². The molecule has 0 aliphatic heterocycles. The van der Waals surface area contributed by atoms with Gasteiger partial charge in [0, 0.05) is 0 Å². The number of carbonyl (C=O) groups is 3. The zero-order chi connectivity index (χ0) is 15.5. The molecule has 0 aromatic rings. The molecule has 0 spiro atoms. The number of carboxylic acids is 2. The van der Waals surface area contributed by atoms with Gasteiger partial charge < -0.3 is 14.9 Å². The highest BCUT2D eigenvalue weighted by Crippen LogP contribution is 2.72. The highest BCUT2D eigenvalue weighted by molar-refractivity contribution is 5.86. The van der Waals surface area contributed by atoms with E-state index in [4.69, 9.17) is 4.74 Å². The van der Waals surface area contributed by atoms with Gasteiger partial charge in [0.2, 0.25) is 0 Å². The number of hydrogen-bond donors (Lipinski definition) is 2. The second kappa shape index (κ2) is 4.20. The molecule has 2 aliphatic rings. The van der Waals surface area contributed by atoms with E-state index in [0.717, 1.165) is 0 Å². The smallest absolute Gasteiger partial charge is 0.310 e. The van der Waals surface area contributed by atoms with Crippen LogP contribution >= 0.6 is 0 Å². The van der Waals surface area contributed by atoms with E-state index in [9.17, 15) is 24.6 Å². The average Bonchev–Trinajstić information content (AvgIpc) is 2.65. The zero-order valence-corrected chi connectivity index (χ0v) is 12.0. The summed E-state index contributed by atoms with van der Waals surface area (Å²) in [6, 6.07) is 0. The van der Waals surface area contributed by atoms with Crippen LogP contribution in [-0.2, 0) is 19.1 Å². The second-order valence-electron chi connectivity index (χ2n) is 6.68. The molecule has 6 nitrogen and oxygen atoms in total. The van der Waals surface area contributed by atoms with Gasteiger partial charge in [0.15, 0.2) is 0 Å². The maximum absolute atomic E-state index is 12.1. The number of fused-ring (bicyclic) bond motifs is 2. The van der Waals surface area contributed by atoms with Gasteiger partial charge in [0.1, 0.15) is 0 Å². The van der Waals surface area contributed by atoms with Crippen LogP contribution in [0.4, 0.5) is 0 Å². The van der Waals surface area contributed by atoms with Crippen molar-refractivity contribution in [3.63, 3.8) is 0 Å². The predicted molar refractivity (Wildman–Crippen MR) is 67.8 cm³/mol. The lowest BCUT2D eigenvalue weighted by atomic mass is 9.65. The largest absolute Gasteiger partial charge is 0.481 e. The standard InChI is InChI=1S/C14H20O6/c1-13(2)8-6(10(15)16)5-14(13,3)9(12(19)20-4)7(8)11(17)18/h6-9H,5H2,1-4H3,(H,15,16)(H,17,18). The summed E-state index contributed by atoms with van der Waals surface area (Å²) in [5.74, 6) is -5.74. The molecule has 0 saturated heterocycles. The lowest BCUT2D eigenvalue weighted by molar-refractivity contribution is -0.165. The third-order valence-corrected chi connectivity index (χ3v) is 5.87. The molecule has 2 saturated carbocycles. The lowest BCUT2D eigenvalue weighted by Crippen LogP contribution is -2.44. The topological polar surface area (TPSA) is 101 Å². The zero-order valence-electron chi connectivity index (χ0n) is 12.0. The quantitative estimate of drug-likeness (QED) is 0.756. The lowest BCUT2D eigenvalue weighted by Gasteiger charge is -2.38. The fourth-order valence-electron chi connectivity index (χ4n) is 4.63. The summed E-state index contributed by atoms with van der Waals surface area (Å²) < 4.78 is 4.77. The fraction of sp³-hybridized carbons (Fsp3) is 0.786. The number of methoxy groups -OCH3 is 1. The van der Waals surface area contributed by atoms with Gasteiger partial charge >= 0.3 is 17.9 Å². The molecule has 5 atom stereocenters. The number of rotatable bonds is 3. The third-order valence-electron chi connectivity index (χ3n) is 5.87. The van der Waals surface area contributed by atoms with E-state index in [1.165, 1.54) is 7.11 Å². The van der Waals surface area contributed by atoms with E-state index in [1.54, 1.807) is 0 Å². The van der Waals surface area contributed by atoms with E-state index in [1.807, 2.05) is 20.8 Å². The summed E-state index contributed by atoms with van der Waals surface area (Å²) in [6.07, 6.45) is 0.309. The Morgan fingerprint density at radius 1 is 1.10 bits per heavy atom. The minimum absolute atomic E-state index is 0.309. The SMILES string of the molecule is COC(=O)C1C(C(=O)O)C2C(C(=O)O)CC1(C)C2(C)C. The molecular formula is C14H20O6. The first kappa shape index (κ1) is 14.8. The molecule has 5 unspecified atom stereocenters. The molecule has 20 heavy (non-hydrogen) atoms. The molecule has 2 rings (SSSR count). The monoisotopic (exact) mass is 284 g/mol. The number of ether oxygens (including phenoxy) is 1. The molecule has 0 heterocycles. The first-order chi connectivity index (χ1) is 9.09. The third kappa shape index (κ3) is 1.53. The van der Waals surface area contributed by atoms with Crippen LogP contribution in [-0.4, -0.2) is 35.2 Å². The molecule has 2 aliphatic carbocycles. The van der Waals surface area contributed by atoms with E-state index >= 15 is 0 Å². The number of carboxylic acid groups (broad SMARTS) is 2. The van der Waals surface area contributed by atoms with E-state index in [0.29, 0.717) is 6.42 Å². The molecule has 0 radical (unpaired) electrons. The summed E-state index contributed by atoms with van der Waals surface area (Å²) in [7, 11) is 1.23. The Kier molecular flexibility index (Phi) is 3.11.